The lowest BCUT2D eigenvalue weighted by atomic mass is 10.1. The number of aromatic amines is 1. The van der Waals surface area contributed by atoms with Crippen molar-refractivity contribution >= 4 is 34.4 Å². The van der Waals surface area contributed by atoms with E-state index in [4.69, 9.17) is 16.3 Å². The molecule has 5 rings (SSSR count). The number of aromatic nitrogens is 4. The number of hydrogen-bond acceptors (Lipinski definition) is 7. The molecule has 4 aromatic rings. The highest BCUT2D eigenvalue weighted by Crippen LogP contribution is 2.33. The fraction of sp³-hybridized carbons (Fsp3) is 0.308. The molecule has 13 heteroatoms. The molecule has 1 fully saturated rings. The number of fused-ring (bicyclic) bond motifs is 1. The van der Waals surface area contributed by atoms with Gasteiger partial charge in [0.2, 0.25) is 0 Å². The molecule has 3 heterocycles. The molecule has 204 valence electrons. The van der Waals surface area contributed by atoms with Gasteiger partial charge in [0.15, 0.2) is 11.2 Å². The van der Waals surface area contributed by atoms with Gasteiger partial charge in [0.1, 0.15) is 11.6 Å². The van der Waals surface area contributed by atoms with Crippen LogP contribution in [0, 0.1) is 6.92 Å². The Morgan fingerprint density at radius 1 is 1.13 bits per heavy atom. The first kappa shape index (κ1) is 26.9. The fourth-order valence-electron chi connectivity index (χ4n) is 4.32. The first-order valence-electron chi connectivity index (χ1n) is 12.1. The van der Waals surface area contributed by atoms with Crippen LogP contribution in [0.5, 0.6) is 11.6 Å². The van der Waals surface area contributed by atoms with E-state index in [1.54, 1.807) is 19.1 Å². The Kier molecular flexibility index (Phi) is 7.43. The number of carbonyl (C=O) groups excluding carboxylic acids is 1. The number of nitrogens with one attached hydrogen (secondary N) is 2. The SMILES string of the molecule is Cc1nc(Oc2ccc(Cl)c(C(=O)Nc3cc(CN4CCN(C)CC4)cc(C(F)(F)F)c3)c2)c2nc[nH]c2n1. The number of alkyl halides is 3. The summed E-state index contributed by atoms with van der Waals surface area (Å²) in [4.78, 5) is 33.0. The maximum atomic E-state index is 13.7. The second-order valence-electron chi connectivity index (χ2n) is 9.37. The van der Waals surface area contributed by atoms with Gasteiger partial charge in [-0.2, -0.15) is 18.2 Å². The summed E-state index contributed by atoms with van der Waals surface area (Å²) in [6.07, 6.45) is -3.12. The van der Waals surface area contributed by atoms with Crippen LogP contribution < -0.4 is 10.1 Å². The summed E-state index contributed by atoms with van der Waals surface area (Å²) < 4.78 is 46.9. The first-order chi connectivity index (χ1) is 18.5. The smallest absolute Gasteiger partial charge is 0.416 e. The minimum absolute atomic E-state index is 0.0194. The minimum atomic E-state index is -4.57. The van der Waals surface area contributed by atoms with Crippen LogP contribution in [0.2, 0.25) is 5.02 Å². The second kappa shape index (κ2) is 10.8. The van der Waals surface area contributed by atoms with Gasteiger partial charge in [-0.1, -0.05) is 11.6 Å². The van der Waals surface area contributed by atoms with E-state index in [2.05, 4.69) is 35.1 Å². The Morgan fingerprint density at radius 3 is 2.64 bits per heavy atom. The Labute approximate surface area is 227 Å². The van der Waals surface area contributed by atoms with E-state index in [-0.39, 0.29) is 27.9 Å². The van der Waals surface area contributed by atoms with Gasteiger partial charge in [-0.15, -0.1) is 0 Å². The fourth-order valence-corrected chi connectivity index (χ4v) is 4.53. The van der Waals surface area contributed by atoms with E-state index in [9.17, 15) is 18.0 Å². The molecule has 1 saturated heterocycles. The van der Waals surface area contributed by atoms with Crippen LogP contribution >= 0.6 is 11.6 Å². The number of likely N-dealkylation sites (N-methyl/N-ethyl adjacent to an activating group) is 1. The van der Waals surface area contributed by atoms with Crippen LogP contribution in [-0.2, 0) is 12.7 Å². The zero-order chi connectivity index (χ0) is 27.7. The Bertz CT molecular complexity index is 1520. The number of benzene rings is 2. The van der Waals surface area contributed by atoms with Crippen molar-refractivity contribution in [1.29, 1.82) is 0 Å². The normalized spacial score (nSPS) is 15.0. The first-order valence-corrected chi connectivity index (χ1v) is 12.5. The second-order valence-corrected chi connectivity index (χ2v) is 9.78. The molecular formula is C26H25ClF3N7O2. The number of rotatable bonds is 6. The van der Waals surface area contributed by atoms with Crippen molar-refractivity contribution in [3.05, 3.63) is 70.3 Å². The van der Waals surface area contributed by atoms with E-state index in [1.807, 2.05) is 7.05 Å². The maximum Gasteiger partial charge on any atom is 0.416 e. The van der Waals surface area contributed by atoms with Crippen molar-refractivity contribution in [3.63, 3.8) is 0 Å². The van der Waals surface area contributed by atoms with Crippen molar-refractivity contribution in [2.75, 3.05) is 38.5 Å². The molecule has 1 aliphatic rings. The number of halogens is 4. The summed E-state index contributed by atoms with van der Waals surface area (Å²) in [7, 11) is 2.01. The van der Waals surface area contributed by atoms with Gasteiger partial charge in [0.25, 0.3) is 11.8 Å². The Balaban J connectivity index is 1.39. The van der Waals surface area contributed by atoms with Crippen LogP contribution in [0.25, 0.3) is 11.2 Å². The number of piperazine rings is 1. The van der Waals surface area contributed by atoms with E-state index in [0.717, 1.165) is 38.3 Å². The average molecular weight is 560 g/mol. The maximum absolute atomic E-state index is 13.7. The zero-order valence-electron chi connectivity index (χ0n) is 21.1. The van der Waals surface area contributed by atoms with Crippen molar-refractivity contribution < 1.29 is 22.7 Å². The molecule has 0 radical (unpaired) electrons. The summed E-state index contributed by atoms with van der Waals surface area (Å²) >= 11 is 6.29. The molecule has 39 heavy (non-hydrogen) atoms. The summed E-state index contributed by atoms with van der Waals surface area (Å²) in [6, 6.07) is 8.00. The highest BCUT2D eigenvalue weighted by atomic mass is 35.5. The highest BCUT2D eigenvalue weighted by molar-refractivity contribution is 6.34. The highest BCUT2D eigenvalue weighted by Gasteiger charge is 2.32. The van der Waals surface area contributed by atoms with Crippen molar-refractivity contribution in [2.24, 2.45) is 0 Å². The van der Waals surface area contributed by atoms with Gasteiger partial charge in [-0.05, 0) is 55.9 Å². The van der Waals surface area contributed by atoms with Gasteiger partial charge < -0.3 is 19.9 Å². The summed E-state index contributed by atoms with van der Waals surface area (Å²) in [5.74, 6) is 0.190. The van der Waals surface area contributed by atoms with E-state index >= 15 is 0 Å². The number of nitrogens with zero attached hydrogens (tertiary/aromatic N) is 5. The van der Waals surface area contributed by atoms with Crippen LogP contribution in [0.1, 0.15) is 27.3 Å². The third-order valence-corrected chi connectivity index (χ3v) is 6.67. The molecule has 2 aromatic carbocycles. The standard InChI is InChI=1S/C26H25ClF3N7O2/c1-15-33-23-22(31-14-32-23)25(34-15)39-19-3-4-21(27)20(12-19)24(38)35-18-10-16(9-17(11-18)26(28,29)30)13-37-7-5-36(2)6-8-37/h3-4,9-12,14H,5-8,13H2,1-2H3,(H,35,38)(H,31,32,33,34). The quantitative estimate of drug-likeness (QED) is 0.338. The monoisotopic (exact) mass is 559 g/mol. The minimum Gasteiger partial charge on any atom is -0.437 e. The number of ether oxygens (including phenoxy) is 1. The molecule has 0 bridgehead atoms. The van der Waals surface area contributed by atoms with E-state index in [0.29, 0.717) is 29.1 Å². The third kappa shape index (κ3) is 6.29. The number of aryl methyl sites for hydroxylation is 1. The van der Waals surface area contributed by atoms with Gasteiger partial charge in [-0.25, -0.2) is 9.97 Å². The molecule has 0 saturated carbocycles. The largest absolute Gasteiger partial charge is 0.437 e. The molecule has 1 amide bonds. The predicted octanol–water partition coefficient (Wildman–Crippen LogP) is 5.13. The lowest BCUT2D eigenvalue weighted by Crippen LogP contribution is -2.43. The molecule has 0 spiro atoms. The number of hydrogen-bond donors (Lipinski definition) is 2. The lowest BCUT2D eigenvalue weighted by Gasteiger charge is -2.32. The molecule has 1 aliphatic heterocycles. The lowest BCUT2D eigenvalue weighted by molar-refractivity contribution is -0.137. The molecule has 0 atom stereocenters. The molecule has 0 aliphatic carbocycles. The van der Waals surface area contributed by atoms with Gasteiger partial charge in [-0.3, -0.25) is 9.69 Å². The summed E-state index contributed by atoms with van der Waals surface area (Å²) in [5, 5.41) is 2.68. The molecule has 2 aromatic heterocycles. The molecule has 0 unspecified atom stereocenters. The average Bonchev–Trinajstić information content (AvgIpc) is 3.34. The third-order valence-electron chi connectivity index (χ3n) is 6.34. The van der Waals surface area contributed by atoms with E-state index < -0.39 is 17.6 Å². The molecule has 2 N–H and O–H groups in total. The number of imidazole rings is 1. The molecule has 9 nitrogen and oxygen atoms in total. The molecular weight excluding hydrogens is 535 g/mol. The predicted molar refractivity (Wildman–Crippen MR) is 140 cm³/mol. The van der Waals surface area contributed by atoms with Crippen LogP contribution in [0.15, 0.2) is 42.7 Å². The Morgan fingerprint density at radius 2 is 1.90 bits per heavy atom. The zero-order valence-corrected chi connectivity index (χ0v) is 21.9. The topological polar surface area (TPSA) is 99.3 Å². The number of H-pyrrole nitrogens is 1. The van der Waals surface area contributed by atoms with Crippen molar-refractivity contribution in [1.82, 2.24) is 29.7 Å². The van der Waals surface area contributed by atoms with Crippen molar-refractivity contribution in [3.8, 4) is 11.6 Å². The van der Waals surface area contributed by atoms with Crippen LogP contribution in [-0.4, -0.2) is 68.9 Å². The van der Waals surface area contributed by atoms with E-state index in [1.165, 1.54) is 18.5 Å². The van der Waals surface area contributed by atoms with Gasteiger partial charge in [0.05, 0.1) is 22.5 Å². The van der Waals surface area contributed by atoms with Gasteiger partial charge in [0, 0.05) is 38.4 Å². The summed E-state index contributed by atoms with van der Waals surface area (Å²) in [6.45, 7) is 5.19. The van der Waals surface area contributed by atoms with Crippen LogP contribution in [0.3, 0.4) is 0 Å². The number of carbonyl (C=O) groups is 1. The summed E-state index contributed by atoms with van der Waals surface area (Å²) in [5.41, 5.74) is 0.548. The Hall–Kier alpha value is -3.74. The van der Waals surface area contributed by atoms with Gasteiger partial charge >= 0.3 is 6.18 Å². The number of amides is 1. The van der Waals surface area contributed by atoms with Crippen molar-refractivity contribution in [2.45, 2.75) is 19.6 Å². The number of anilines is 1. The van der Waals surface area contributed by atoms with Crippen LogP contribution in [0.4, 0.5) is 18.9 Å².